The molecule has 5 heteroatoms. The summed E-state index contributed by atoms with van der Waals surface area (Å²) < 4.78 is 5.35. The SMILES string of the molecule is C=C(/C=C(C)\N=C(/N)NC(C)C)OCCNC. The number of nitrogens with one attached hydrogen (secondary N) is 2. The molecule has 0 radical (unpaired) electrons. The Kier molecular flexibility index (Phi) is 7.88. The minimum Gasteiger partial charge on any atom is -0.493 e. The second kappa shape index (κ2) is 8.64. The van der Waals surface area contributed by atoms with E-state index in [4.69, 9.17) is 10.5 Å². The highest BCUT2D eigenvalue weighted by Gasteiger charge is 1.96. The molecule has 0 aliphatic carbocycles. The Hall–Kier alpha value is -1.49. The van der Waals surface area contributed by atoms with Crippen LogP contribution < -0.4 is 16.4 Å². The van der Waals surface area contributed by atoms with Crippen molar-refractivity contribution in [2.75, 3.05) is 20.2 Å². The number of likely N-dealkylation sites (N-methyl/N-ethyl adjacent to an activating group) is 1. The van der Waals surface area contributed by atoms with Crippen molar-refractivity contribution < 1.29 is 4.74 Å². The number of guanidine groups is 1. The molecule has 0 saturated heterocycles. The maximum atomic E-state index is 5.69. The van der Waals surface area contributed by atoms with Gasteiger partial charge in [0.25, 0.3) is 0 Å². The van der Waals surface area contributed by atoms with Gasteiger partial charge in [-0.25, -0.2) is 4.99 Å². The van der Waals surface area contributed by atoms with Crippen LogP contribution in [0.25, 0.3) is 0 Å². The van der Waals surface area contributed by atoms with E-state index in [0.29, 0.717) is 18.3 Å². The molecule has 0 aromatic carbocycles. The number of nitrogens with zero attached hydrogens (tertiary/aromatic N) is 1. The van der Waals surface area contributed by atoms with E-state index in [1.807, 2.05) is 27.8 Å². The van der Waals surface area contributed by atoms with Gasteiger partial charge in [-0.05, 0) is 27.8 Å². The standard InChI is InChI=1S/C12H24N4O/c1-9(2)15-12(13)16-10(3)8-11(4)17-7-6-14-5/h8-9,14H,4,6-7H2,1-3,5H3,(H3,13,15,16)/b10-8-. The number of aliphatic imine (C=N–C) groups is 1. The molecule has 0 unspecified atom stereocenters. The van der Waals surface area contributed by atoms with Gasteiger partial charge < -0.3 is 21.1 Å². The van der Waals surface area contributed by atoms with Gasteiger partial charge in [-0.15, -0.1) is 0 Å². The van der Waals surface area contributed by atoms with E-state index >= 15 is 0 Å². The molecule has 0 saturated carbocycles. The molecule has 0 spiro atoms. The van der Waals surface area contributed by atoms with Gasteiger partial charge in [-0.3, -0.25) is 0 Å². The number of hydrogen-bond acceptors (Lipinski definition) is 3. The van der Waals surface area contributed by atoms with Gasteiger partial charge in [0, 0.05) is 24.4 Å². The highest BCUT2D eigenvalue weighted by Crippen LogP contribution is 2.02. The maximum absolute atomic E-state index is 5.69. The van der Waals surface area contributed by atoms with Crippen LogP contribution in [0.3, 0.4) is 0 Å². The molecule has 0 aliphatic heterocycles. The van der Waals surface area contributed by atoms with Crippen LogP contribution in [0.15, 0.2) is 29.1 Å². The Labute approximate surface area is 104 Å². The summed E-state index contributed by atoms with van der Waals surface area (Å²) in [6, 6.07) is 0.265. The van der Waals surface area contributed by atoms with Crippen molar-refractivity contribution in [1.29, 1.82) is 0 Å². The number of nitrogens with two attached hydrogens (primary N) is 1. The monoisotopic (exact) mass is 240 g/mol. The lowest BCUT2D eigenvalue weighted by atomic mass is 10.4. The second-order valence-electron chi connectivity index (χ2n) is 4.00. The normalized spacial score (nSPS) is 12.8. The Balaban J connectivity index is 4.19. The average Bonchev–Trinajstić information content (AvgIpc) is 2.15. The van der Waals surface area contributed by atoms with Crippen molar-refractivity contribution in [3.05, 3.63) is 24.1 Å². The van der Waals surface area contributed by atoms with Gasteiger partial charge in [0.05, 0.1) is 0 Å². The molecule has 4 N–H and O–H groups in total. The fraction of sp³-hybridized carbons (Fsp3) is 0.583. The summed E-state index contributed by atoms with van der Waals surface area (Å²) in [5.74, 6) is 0.982. The summed E-state index contributed by atoms with van der Waals surface area (Å²) in [6.07, 6.45) is 1.75. The van der Waals surface area contributed by atoms with Crippen molar-refractivity contribution in [2.45, 2.75) is 26.8 Å². The predicted octanol–water partition coefficient (Wildman–Crippen LogP) is 0.953. The molecular formula is C12H24N4O. The van der Waals surface area contributed by atoms with Gasteiger partial charge in [0.1, 0.15) is 12.4 Å². The summed E-state index contributed by atoms with van der Waals surface area (Å²) in [6.45, 7) is 11.0. The first-order valence-corrected chi connectivity index (χ1v) is 5.71. The highest BCUT2D eigenvalue weighted by molar-refractivity contribution is 5.79. The first kappa shape index (κ1) is 15.5. The van der Waals surface area contributed by atoms with Crippen LogP contribution in [0.2, 0.25) is 0 Å². The third kappa shape index (κ3) is 9.44. The fourth-order valence-corrected chi connectivity index (χ4v) is 1.11. The lowest BCUT2D eigenvalue weighted by Gasteiger charge is -2.09. The molecule has 98 valence electrons. The second-order valence-corrected chi connectivity index (χ2v) is 4.00. The summed E-state index contributed by atoms with van der Waals surface area (Å²) in [5, 5.41) is 5.99. The lowest BCUT2D eigenvalue weighted by Crippen LogP contribution is -2.36. The van der Waals surface area contributed by atoms with Crippen molar-refractivity contribution >= 4 is 5.96 Å². The third-order valence-electron chi connectivity index (χ3n) is 1.74. The molecule has 0 heterocycles. The topological polar surface area (TPSA) is 71.7 Å². The Morgan fingerprint density at radius 3 is 2.71 bits per heavy atom. The number of hydrogen-bond donors (Lipinski definition) is 3. The maximum Gasteiger partial charge on any atom is 0.193 e. The van der Waals surface area contributed by atoms with E-state index in [9.17, 15) is 0 Å². The van der Waals surface area contributed by atoms with Crippen LogP contribution >= 0.6 is 0 Å². The molecule has 0 bridgehead atoms. The highest BCUT2D eigenvalue weighted by atomic mass is 16.5. The minimum atomic E-state index is 0.265. The van der Waals surface area contributed by atoms with Crippen molar-refractivity contribution in [1.82, 2.24) is 10.6 Å². The lowest BCUT2D eigenvalue weighted by molar-refractivity contribution is 0.228. The van der Waals surface area contributed by atoms with E-state index in [-0.39, 0.29) is 6.04 Å². The smallest absolute Gasteiger partial charge is 0.193 e. The van der Waals surface area contributed by atoms with Gasteiger partial charge in [-0.2, -0.15) is 0 Å². The van der Waals surface area contributed by atoms with E-state index in [1.54, 1.807) is 6.08 Å². The van der Waals surface area contributed by atoms with Crippen molar-refractivity contribution in [3.8, 4) is 0 Å². The summed E-state index contributed by atoms with van der Waals surface area (Å²) in [7, 11) is 1.87. The summed E-state index contributed by atoms with van der Waals surface area (Å²) >= 11 is 0. The van der Waals surface area contributed by atoms with Gasteiger partial charge in [0.15, 0.2) is 5.96 Å². The van der Waals surface area contributed by atoms with Crippen LogP contribution in [0, 0.1) is 0 Å². The van der Waals surface area contributed by atoms with E-state index in [2.05, 4.69) is 22.2 Å². The molecule has 0 atom stereocenters. The first-order valence-electron chi connectivity index (χ1n) is 5.71. The van der Waals surface area contributed by atoms with E-state index in [0.717, 1.165) is 12.2 Å². The quantitative estimate of drug-likeness (QED) is 0.204. The number of allylic oxidation sites excluding steroid dienone is 2. The number of ether oxygens (including phenoxy) is 1. The zero-order valence-electron chi connectivity index (χ0n) is 11.2. The molecule has 0 aromatic rings. The van der Waals surface area contributed by atoms with Gasteiger partial charge >= 0.3 is 0 Å². The van der Waals surface area contributed by atoms with Gasteiger partial charge in [-0.1, -0.05) is 6.58 Å². The molecule has 5 nitrogen and oxygen atoms in total. The summed E-state index contributed by atoms with van der Waals surface area (Å²) in [4.78, 5) is 4.17. The molecule has 0 rings (SSSR count). The largest absolute Gasteiger partial charge is 0.493 e. The van der Waals surface area contributed by atoms with Crippen LogP contribution in [0.1, 0.15) is 20.8 Å². The zero-order valence-corrected chi connectivity index (χ0v) is 11.2. The van der Waals surface area contributed by atoms with E-state index < -0.39 is 0 Å². The number of rotatable bonds is 7. The third-order valence-corrected chi connectivity index (χ3v) is 1.74. The van der Waals surface area contributed by atoms with Crippen LogP contribution in [-0.2, 0) is 4.74 Å². The molecule has 0 aliphatic rings. The van der Waals surface area contributed by atoms with Crippen LogP contribution in [0.5, 0.6) is 0 Å². The Bertz CT molecular complexity index is 295. The fourth-order valence-electron chi connectivity index (χ4n) is 1.11. The molecule has 0 amide bonds. The molecule has 0 aromatic heterocycles. The van der Waals surface area contributed by atoms with Crippen molar-refractivity contribution in [3.63, 3.8) is 0 Å². The molecular weight excluding hydrogens is 216 g/mol. The Morgan fingerprint density at radius 1 is 1.53 bits per heavy atom. The van der Waals surface area contributed by atoms with Crippen molar-refractivity contribution in [2.24, 2.45) is 10.7 Å². The van der Waals surface area contributed by atoms with Gasteiger partial charge in [0.2, 0.25) is 0 Å². The van der Waals surface area contributed by atoms with Crippen LogP contribution in [0.4, 0.5) is 0 Å². The first-order chi connectivity index (χ1) is 7.95. The Morgan fingerprint density at radius 2 is 2.18 bits per heavy atom. The average molecular weight is 240 g/mol. The molecule has 17 heavy (non-hydrogen) atoms. The summed E-state index contributed by atoms with van der Waals surface area (Å²) in [5.41, 5.74) is 6.45. The van der Waals surface area contributed by atoms with Crippen LogP contribution in [-0.4, -0.2) is 32.2 Å². The minimum absolute atomic E-state index is 0.265. The van der Waals surface area contributed by atoms with E-state index in [1.165, 1.54) is 0 Å². The zero-order chi connectivity index (χ0) is 13.3. The predicted molar refractivity (Wildman–Crippen MR) is 72.7 cm³/mol. The molecule has 0 fully saturated rings.